The van der Waals surface area contributed by atoms with Gasteiger partial charge in [0.1, 0.15) is 0 Å². The Morgan fingerprint density at radius 1 is 1.00 bits per heavy atom. The molecule has 2 rings (SSSR count). The average molecular weight is 348 g/mol. The summed E-state index contributed by atoms with van der Waals surface area (Å²) in [6.45, 7) is 12.9. The maximum absolute atomic E-state index is 12.6. The predicted octanol–water partition coefficient (Wildman–Crippen LogP) is 1.98. The molecule has 0 aromatic heterocycles. The number of benzene rings is 1. The van der Waals surface area contributed by atoms with Crippen molar-refractivity contribution in [1.82, 2.24) is 14.7 Å². The van der Waals surface area contributed by atoms with Crippen molar-refractivity contribution in [3.8, 4) is 0 Å². The van der Waals surface area contributed by atoms with Crippen molar-refractivity contribution < 1.29 is 9.90 Å². The molecule has 0 spiro atoms. The Morgan fingerprint density at radius 2 is 1.52 bits per heavy atom. The van der Waals surface area contributed by atoms with Crippen molar-refractivity contribution in [3.63, 3.8) is 0 Å². The Labute approximate surface area is 152 Å². The van der Waals surface area contributed by atoms with Gasteiger partial charge in [-0.2, -0.15) is 0 Å². The van der Waals surface area contributed by atoms with Crippen LogP contribution in [0.15, 0.2) is 30.3 Å². The molecule has 1 aromatic carbocycles. The van der Waals surface area contributed by atoms with Crippen molar-refractivity contribution in [2.45, 2.75) is 45.9 Å². The van der Waals surface area contributed by atoms with Gasteiger partial charge in [0.15, 0.2) is 0 Å². The maximum atomic E-state index is 12.6. The molecule has 0 radical (unpaired) electrons. The van der Waals surface area contributed by atoms with Gasteiger partial charge in [-0.05, 0) is 33.3 Å². The Morgan fingerprint density at radius 3 is 2.04 bits per heavy atom. The minimum absolute atomic E-state index is 0.211. The van der Waals surface area contributed by atoms with E-state index in [0.29, 0.717) is 13.1 Å². The number of nitrogens with zero attached hydrogens (tertiary/aromatic N) is 3. The number of carbonyl (C=O) groups excluding carboxylic acids is 1. The highest BCUT2D eigenvalue weighted by molar-refractivity contribution is 5.78. The summed E-state index contributed by atoms with van der Waals surface area (Å²) in [5, 5.41) is 10.4. The molecule has 1 aliphatic rings. The first-order valence-electron chi connectivity index (χ1n) is 9.37. The van der Waals surface area contributed by atoms with E-state index in [1.165, 1.54) is 0 Å². The topological polar surface area (TPSA) is 47.0 Å². The summed E-state index contributed by atoms with van der Waals surface area (Å²) in [7, 11) is 0. The summed E-state index contributed by atoms with van der Waals surface area (Å²) >= 11 is 0. The highest BCUT2D eigenvalue weighted by atomic mass is 16.3. The summed E-state index contributed by atoms with van der Waals surface area (Å²) in [5.74, 6) is 0.211. The van der Waals surface area contributed by atoms with Crippen LogP contribution in [0.3, 0.4) is 0 Å². The first-order chi connectivity index (χ1) is 11.9. The number of aliphatic hydroxyl groups excluding tert-OH is 1. The van der Waals surface area contributed by atoms with Crippen LogP contribution in [0, 0.1) is 0 Å². The quantitative estimate of drug-likeness (QED) is 0.819. The second-order valence-corrected chi connectivity index (χ2v) is 7.49. The van der Waals surface area contributed by atoms with E-state index in [9.17, 15) is 9.90 Å². The number of β-amino-alcohol motifs (C(OH)–C–C–N with tert-alkyl or cyclic N) is 1. The third-order valence-electron chi connectivity index (χ3n) is 4.84. The van der Waals surface area contributed by atoms with Crippen molar-refractivity contribution in [2.75, 3.05) is 39.3 Å². The third-order valence-corrected chi connectivity index (χ3v) is 4.84. The van der Waals surface area contributed by atoms with Crippen LogP contribution in [0.2, 0.25) is 0 Å². The van der Waals surface area contributed by atoms with E-state index in [1.807, 2.05) is 35.2 Å². The number of carbonyl (C=O) groups is 1. The summed E-state index contributed by atoms with van der Waals surface area (Å²) in [4.78, 5) is 19.0. The molecule has 1 saturated heterocycles. The van der Waals surface area contributed by atoms with Gasteiger partial charge < -0.3 is 10.0 Å². The molecule has 0 aliphatic carbocycles. The molecule has 5 heteroatoms. The molecule has 0 bridgehead atoms. The Hall–Kier alpha value is -1.43. The number of aliphatic hydroxyl groups is 1. The Kier molecular flexibility index (Phi) is 7.41. The first kappa shape index (κ1) is 19.9. The standard InChI is InChI=1S/C20H33N3O2/c1-16(2)23(17(3)4)20(25)15-22-12-10-21(11-13-22)14-19(24)18-8-6-5-7-9-18/h5-9,16-17,19,24H,10-15H2,1-4H3/t19-/m0/s1. The fraction of sp³-hybridized carbons (Fsp3) is 0.650. The van der Waals surface area contributed by atoms with Gasteiger partial charge in [0, 0.05) is 44.8 Å². The fourth-order valence-corrected chi connectivity index (χ4v) is 3.60. The zero-order chi connectivity index (χ0) is 18.4. The van der Waals surface area contributed by atoms with Crippen LogP contribution in [-0.2, 0) is 4.79 Å². The molecule has 5 nitrogen and oxygen atoms in total. The van der Waals surface area contributed by atoms with Gasteiger partial charge in [-0.15, -0.1) is 0 Å². The second kappa shape index (κ2) is 9.32. The van der Waals surface area contributed by atoms with E-state index in [2.05, 4.69) is 37.5 Å². The number of hydrogen-bond acceptors (Lipinski definition) is 4. The van der Waals surface area contributed by atoms with Gasteiger partial charge in [-0.1, -0.05) is 30.3 Å². The lowest BCUT2D eigenvalue weighted by Crippen LogP contribution is -2.52. The highest BCUT2D eigenvalue weighted by Gasteiger charge is 2.25. The zero-order valence-corrected chi connectivity index (χ0v) is 16.1. The number of amides is 1. The lowest BCUT2D eigenvalue weighted by molar-refractivity contribution is -0.136. The van der Waals surface area contributed by atoms with E-state index >= 15 is 0 Å². The number of piperazine rings is 1. The monoisotopic (exact) mass is 347 g/mol. The van der Waals surface area contributed by atoms with E-state index in [-0.39, 0.29) is 18.0 Å². The molecule has 1 N–H and O–H groups in total. The van der Waals surface area contributed by atoms with Crippen molar-refractivity contribution in [3.05, 3.63) is 35.9 Å². The van der Waals surface area contributed by atoms with E-state index in [1.54, 1.807) is 0 Å². The predicted molar refractivity (Wildman–Crippen MR) is 101 cm³/mol. The van der Waals surface area contributed by atoms with E-state index in [4.69, 9.17) is 0 Å². The van der Waals surface area contributed by atoms with Crippen LogP contribution >= 0.6 is 0 Å². The highest BCUT2D eigenvalue weighted by Crippen LogP contribution is 2.15. The smallest absolute Gasteiger partial charge is 0.237 e. The molecular weight excluding hydrogens is 314 g/mol. The van der Waals surface area contributed by atoms with E-state index < -0.39 is 6.10 Å². The van der Waals surface area contributed by atoms with Crippen LogP contribution < -0.4 is 0 Å². The molecule has 140 valence electrons. The maximum Gasteiger partial charge on any atom is 0.237 e. The van der Waals surface area contributed by atoms with Crippen LogP contribution in [0.25, 0.3) is 0 Å². The molecule has 1 atom stereocenters. The van der Waals surface area contributed by atoms with Crippen LogP contribution in [0.5, 0.6) is 0 Å². The molecule has 0 saturated carbocycles. The van der Waals surface area contributed by atoms with Gasteiger partial charge in [-0.25, -0.2) is 0 Å². The Bertz CT molecular complexity index is 517. The largest absolute Gasteiger partial charge is 0.387 e. The zero-order valence-electron chi connectivity index (χ0n) is 16.1. The molecule has 1 aliphatic heterocycles. The molecular formula is C20H33N3O2. The first-order valence-corrected chi connectivity index (χ1v) is 9.37. The van der Waals surface area contributed by atoms with Crippen LogP contribution in [0.1, 0.15) is 39.4 Å². The lowest BCUT2D eigenvalue weighted by atomic mass is 10.1. The molecule has 1 fully saturated rings. The van der Waals surface area contributed by atoms with Gasteiger partial charge in [0.2, 0.25) is 5.91 Å². The lowest BCUT2D eigenvalue weighted by Gasteiger charge is -2.37. The molecule has 25 heavy (non-hydrogen) atoms. The molecule has 0 unspecified atom stereocenters. The fourth-order valence-electron chi connectivity index (χ4n) is 3.60. The summed E-state index contributed by atoms with van der Waals surface area (Å²) in [6, 6.07) is 10.3. The Balaban J connectivity index is 1.78. The van der Waals surface area contributed by atoms with Crippen molar-refractivity contribution >= 4 is 5.91 Å². The van der Waals surface area contributed by atoms with Gasteiger partial charge >= 0.3 is 0 Å². The minimum Gasteiger partial charge on any atom is -0.387 e. The second-order valence-electron chi connectivity index (χ2n) is 7.49. The van der Waals surface area contributed by atoms with Gasteiger partial charge in [0.05, 0.1) is 12.6 Å². The van der Waals surface area contributed by atoms with Crippen LogP contribution in [0.4, 0.5) is 0 Å². The number of hydrogen-bond donors (Lipinski definition) is 1. The van der Waals surface area contributed by atoms with Gasteiger partial charge in [-0.3, -0.25) is 14.6 Å². The third kappa shape index (κ3) is 5.80. The van der Waals surface area contributed by atoms with Crippen molar-refractivity contribution in [1.29, 1.82) is 0 Å². The SMILES string of the molecule is CC(C)N(C(=O)CN1CCN(C[C@H](O)c2ccccc2)CC1)C(C)C. The minimum atomic E-state index is -0.452. The molecule has 1 amide bonds. The molecule has 1 heterocycles. The normalized spacial score (nSPS) is 17.9. The van der Waals surface area contributed by atoms with Crippen molar-refractivity contribution in [2.24, 2.45) is 0 Å². The summed E-state index contributed by atoms with van der Waals surface area (Å²) in [5.41, 5.74) is 0.963. The molecule has 1 aromatic rings. The number of rotatable bonds is 7. The summed E-state index contributed by atoms with van der Waals surface area (Å²) in [6.07, 6.45) is -0.452. The summed E-state index contributed by atoms with van der Waals surface area (Å²) < 4.78 is 0. The van der Waals surface area contributed by atoms with E-state index in [0.717, 1.165) is 31.7 Å². The average Bonchev–Trinajstić information content (AvgIpc) is 2.56. The van der Waals surface area contributed by atoms with Crippen LogP contribution in [-0.4, -0.2) is 77.1 Å². The van der Waals surface area contributed by atoms with Gasteiger partial charge in [0.25, 0.3) is 0 Å².